The van der Waals surface area contributed by atoms with E-state index in [1.54, 1.807) is 30.5 Å². The van der Waals surface area contributed by atoms with Gasteiger partial charge in [-0.1, -0.05) is 64.4 Å². The van der Waals surface area contributed by atoms with Crippen LogP contribution in [0.2, 0.25) is 0 Å². The molecule has 0 aromatic heterocycles. The second kappa shape index (κ2) is 20.8. The van der Waals surface area contributed by atoms with Crippen molar-refractivity contribution in [1.29, 1.82) is 5.26 Å². The molecular formula is C39H55N9O7. The number of aryl methyl sites for hydroxylation is 1. The molecule has 3 rings (SSSR count). The maximum absolute atomic E-state index is 13.4. The molecule has 1 aliphatic rings. The van der Waals surface area contributed by atoms with Crippen molar-refractivity contribution in [3.05, 3.63) is 59.7 Å². The summed E-state index contributed by atoms with van der Waals surface area (Å²) in [4.78, 5) is 70.6. The summed E-state index contributed by atoms with van der Waals surface area (Å²) in [5, 5.41) is 42.9. The number of aliphatic imine (C=N–C) groups is 1. The van der Waals surface area contributed by atoms with Gasteiger partial charge in [0, 0.05) is 57.1 Å². The zero-order valence-electron chi connectivity index (χ0n) is 32.5. The predicted octanol–water partition coefficient (Wildman–Crippen LogP) is 2.62. The van der Waals surface area contributed by atoms with Crippen molar-refractivity contribution in [2.45, 2.75) is 78.9 Å². The predicted molar refractivity (Wildman–Crippen MR) is 209 cm³/mol. The molecule has 16 nitrogen and oxygen atoms in total. The molecule has 1 fully saturated rings. The van der Waals surface area contributed by atoms with E-state index in [4.69, 9.17) is 5.26 Å². The monoisotopic (exact) mass is 761 g/mol. The Morgan fingerprint density at radius 1 is 0.764 bits per heavy atom. The molecule has 0 aliphatic carbocycles. The molecule has 1 heterocycles. The summed E-state index contributed by atoms with van der Waals surface area (Å²) in [5.74, 6) is -3.45. The van der Waals surface area contributed by atoms with Gasteiger partial charge in [0.1, 0.15) is 18.1 Å². The van der Waals surface area contributed by atoms with E-state index in [0.29, 0.717) is 37.4 Å². The third kappa shape index (κ3) is 16.2. The van der Waals surface area contributed by atoms with Gasteiger partial charge in [0.05, 0.1) is 6.42 Å². The largest absolute Gasteiger partial charge is 0.480 e. The van der Waals surface area contributed by atoms with Gasteiger partial charge in [0.2, 0.25) is 29.9 Å². The number of anilines is 2. The highest BCUT2D eigenvalue weighted by Gasteiger charge is 2.31. The number of guanidine groups is 1. The lowest BCUT2D eigenvalue weighted by Gasteiger charge is -2.37. The van der Waals surface area contributed by atoms with Crippen LogP contribution in [0.25, 0.3) is 0 Å². The molecule has 0 spiro atoms. The van der Waals surface area contributed by atoms with E-state index in [1.165, 1.54) is 0 Å². The summed E-state index contributed by atoms with van der Waals surface area (Å²) in [6.45, 7) is 13.3. The second-order valence-electron chi connectivity index (χ2n) is 15.5. The van der Waals surface area contributed by atoms with E-state index in [0.717, 1.165) is 11.3 Å². The molecule has 0 radical (unpaired) electrons. The third-order valence-electron chi connectivity index (χ3n) is 8.70. The van der Waals surface area contributed by atoms with Crippen LogP contribution < -0.4 is 26.6 Å². The Balaban J connectivity index is 1.53. The van der Waals surface area contributed by atoms with Gasteiger partial charge in [-0.3, -0.25) is 24.2 Å². The number of rotatable bonds is 17. The summed E-state index contributed by atoms with van der Waals surface area (Å²) >= 11 is 0. The molecule has 0 bridgehead atoms. The summed E-state index contributed by atoms with van der Waals surface area (Å²) in [5.41, 5.74) is 2.84. The Morgan fingerprint density at radius 2 is 1.24 bits per heavy atom. The van der Waals surface area contributed by atoms with Gasteiger partial charge in [0.25, 0.3) is 0 Å². The molecular weight excluding hydrogens is 706 g/mol. The number of carboxylic acids is 2. The highest BCUT2D eigenvalue weighted by atomic mass is 16.4. The minimum absolute atomic E-state index is 0.0171. The molecule has 2 aromatic carbocycles. The molecule has 298 valence electrons. The molecule has 2 aromatic rings. The number of nitriles is 1. The number of nitrogens with one attached hydrogen (secondary N) is 5. The van der Waals surface area contributed by atoms with Crippen molar-refractivity contribution < 1.29 is 34.2 Å². The van der Waals surface area contributed by atoms with Crippen molar-refractivity contribution in [2.75, 3.05) is 49.9 Å². The standard InChI is InChI=1S/C39H55N9O7/c1-25(2)19-30(44-33(49)20-27-9-13-29(14-10-27)43-38(41-24-40)42-28-11-7-26(3)8-12-28)35(51)46-32(37(54)55)23-48-17-15-47(16-18-48)22-31(36(52)53)45-34(50)21-39(4,5)6/h7-14,25,30-32H,15-23H2,1-6H3,(H,44,49)(H,45,50)(H,46,51)(H,52,53)(H,54,55)(H2,41,42,43). The Bertz CT molecular complexity index is 1690. The van der Waals surface area contributed by atoms with Crippen molar-refractivity contribution in [2.24, 2.45) is 16.3 Å². The average Bonchev–Trinajstić information content (AvgIpc) is 3.09. The summed E-state index contributed by atoms with van der Waals surface area (Å²) in [7, 11) is 0. The molecule has 3 atom stereocenters. The van der Waals surface area contributed by atoms with Crippen LogP contribution in [0.5, 0.6) is 0 Å². The number of hydrogen-bond acceptors (Lipinski definition) is 9. The molecule has 3 amide bonds. The van der Waals surface area contributed by atoms with E-state index in [9.17, 15) is 34.2 Å². The quantitative estimate of drug-likeness (QED) is 0.0702. The average molecular weight is 762 g/mol. The van der Waals surface area contributed by atoms with Gasteiger partial charge >= 0.3 is 11.9 Å². The maximum Gasteiger partial charge on any atom is 0.327 e. The van der Waals surface area contributed by atoms with E-state index in [1.807, 2.05) is 75.6 Å². The highest BCUT2D eigenvalue weighted by Crippen LogP contribution is 2.18. The van der Waals surface area contributed by atoms with Gasteiger partial charge < -0.3 is 36.8 Å². The molecule has 55 heavy (non-hydrogen) atoms. The lowest BCUT2D eigenvalue weighted by Crippen LogP contribution is -2.58. The fourth-order valence-corrected chi connectivity index (χ4v) is 5.93. The van der Waals surface area contributed by atoms with Crippen molar-refractivity contribution in [3.8, 4) is 6.19 Å². The van der Waals surface area contributed by atoms with Crippen molar-refractivity contribution in [1.82, 2.24) is 25.8 Å². The van der Waals surface area contributed by atoms with Crippen LogP contribution in [0.4, 0.5) is 11.4 Å². The zero-order valence-corrected chi connectivity index (χ0v) is 32.5. The van der Waals surface area contributed by atoms with Crippen LogP contribution in [0.15, 0.2) is 53.5 Å². The first-order valence-corrected chi connectivity index (χ1v) is 18.4. The summed E-state index contributed by atoms with van der Waals surface area (Å²) in [6, 6.07) is 11.2. The Kier molecular flexibility index (Phi) is 16.6. The number of carbonyl (C=O) groups excluding carboxylic acids is 3. The normalized spacial score (nSPS) is 15.6. The van der Waals surface area contributed by atoms with Crippen LogP contribution in [0.3, 0.4) is 0 Å². The van der Waals surface area contributed by atoms with Gasteiger partial charge in [0.15, 0.2) is 0 Å². The van der Waals surface area contributed by atoms with Gasteiger partial charge in [-0.25, -0.2) is 9.59 Å². The van der Waals surface area contributed by atoms with E-state index < -0.39 is 41.9 Å². The lowest BCUT2D eigenvalue weighted by atomic mass is 9.92. The fourth-order valence-electron chi connectivity index (χ4n) is 5.93. The molecule has 7 N–H and O–H groups in total. The van der Waals surface area contributed by atoms with Crippen LogP contribution in [0.1, 0.15) is 58.6 Å². The van der Waals surface area contributed by atoms with Crippen molar-refractivity contribution >= 4 is 47.0 Å². The summed E-state index contributed by atoms with van der Waals surface area (Å²) < 4.78 is 0. The molecule has 0 saturated carbocycles. The van der Waals surface area contributed by atoms with E-state index in [2.05, 4.69) is 31.6 Å². The van der Waals surface area contributed by atoms with Crippen LogP contribution in [-0.2, 0) is 30.4 Å². The fraction of sp³-hybridized carbons (Fsp3) is 0.513. The number of amides is 3. The Labute approximate surface area is 322 Å². The van der Waals surface area contributed by atoms with Crippen LogP contribution >= 0.6 is 0 Å². The minimum atomic E-state index is -1.25. The number of aliphatic carboxylic acids is 2. The van der Waals surface area contributed by atoms with Gasteiger partial charge in [-0.2, -0.15) is 5.26 Å². The third-order valence-corrected chi connectivity index (χ3v) is 8.70. The zero-order chi connectivity index (χ0) is 40.7. The number of carboxylic acid groups (broad SMARTS) is 2. The number of hydrogen-bond donors (Lipinski definition) is 7. The first-order chi connectivity index (χ1) is 25.9. The van der Waals surface area contributed by atoms with Gasteiger partial charge in [-0.05, 0) is 54.5 Å². The summed E-state index contributed by atoms with van der Waals surface area (Å²) in [6.07, 6.45) is 2.22. The number of carbonyl (C=O) groups is 5. The minimum Gasteiger partial charge on any atom is -0.480 e. The van der Waals surface area contributed by atoms with Crippen LogP contribution in [0, 0.1) is 29.7 Å². The topological polar surface area (TPSA) is 229 Å². The second-order valence-corrected chi connectivity index (χ2v) is 15.5. The molecule has 3 unspecified atom stereocenters. The number of piperazine rings is 1. The van der Waals surface area contributed by atoms with Crippen LogP contribution in [-0.4, -0.2) is 113 Å². The van der Waals surface area contributed by atoms with Gasteiger partial charge in [-0.15, -0.1) is 4.99 Å². The first kappa shape index (κ1) is 43.9. The molecule has 1 saturated heterocycles. The Morgan fingerprint density at radius 3 is 1.69 bits per heavy atom. The SMILES string of the molecule is Cc1ccc(NC(=NC#N)Nc2ccc(CC(=O)NC(CC(C)C)C(=O)NC(CN3CCN(CC(NC(=O)CC(C)(C)C)C(=O)O)CC3)C(=O)O)cc2)cc1. The lowest BCUT2D eigenvalue weighted by molar-refractivity contribution is -0.143. The maximum atomic E-state index is 13.4. The van der Waals surface area contributed by atoms with E-state index in [-0.39, 0.29) is 55.6 Å². The van der Waals surface area contributed by atoms with Crippen molar-refractivity contribution in [3.63, 3.8) is 0 Å². The highest BCUT2D eigenvalue weighted by molar-refractivity contribution is 6.04. The smallest absolute Gasteiger partial charge is 0.327 e. The van der Waals surface area contributed by atoms with E-state index >= 15 is 0 Å². The molecule has 1 aliphatic heterocycles. The number of benzene rings is 2. The first-order valence-electron chi connectivity index (χ1n) is 18.4. The Hall–Kier alpha value is -5.53. The molecule has 16 heteroatoms. The number of nitrogens with zero attached hydrogens (tertiary/aromatic N) is 4.